The summed E-state index contributed by atoms with van der Waals surface area (Å²) in [5.41, 5.74) is 0.246. The van der Waals surface area contributed by atoms with Crippen molar-refractivity contribution in [3.8, 4) is 0 Å². The van der Waals surface area contributed by atoms with E-state index < -0.39 is 0 Å². The fourth-order valence-corrected chi connectivity index (χ4v) is 3.51. The maximum Gasteiger partial charge on any atom is 0.222 e. The first kappa shape index (κ1) is 18.2. The van der Waals surface area contributed by atoms with Crippen LogP contribution in [0.5, 0.6) is 0 Å². The van der Waals surface area contributed by atoms with E-state index in [1.807, 2.05) is 4.90 Å². The van der Waals surface area contributed by atoms with Crippen molar-refractivity contribution in [2.75, 3.05) is 19.6 Å². The molecule has 0 spiro atoms. The SMILES string of the molecule is CC(C)(C)CC(C)(C)NC(=S)NCCCN1CCCC1=O. The summed E-state index contributed by atoms with van der Waals surface area (Å²) in [4.78, 5) is 13.4. The number of rotatable bonds is 6. The number of nitrogens with one attached hydrogen (secondary N) is 2. The van der Waals surface area contributed by atoms with Crippen LogP contribution in [0.2, 0.25) is 0 Å². The van der Waals surface area contributed by atoms with E-state index in [9.17, 15) is 4.79 Å². The number of nitrogens with zero attached hydrogens (tertiary/aromatic N) is 1. The lowest BCUT2D eigenvalue weighted by Gasteiger charge is -2.34. The molecular formula is C16H31N3OS. The summed E-state index contributed by atoms with van der Waals surface area (Å²) < 4.78 is 0. The normalized spacial score (nSPS) is 16.2. The second kappa shape index (κ2) is 7.43. The molecule has 0 bridgehead atoms. The number of carbonyl (C=O) groups excluding carboxylic acids is 1. The molecule has 1 heterocycles. The fourth-order valence-electron chi connectivity index (χ4n) is 3.13. The molecule has 1 saturated heterocycles. The highest BCUT2D eigenvalue weighted by Gasteiger charge is 2.25. The molecule has 1 fully saturated rings. The van der Waals surface area contributed by atoms with E-state index in [4.69, 9.17) is 12.2 Å². The van der Waals surface area contributed by atoms with E-state index in [0.717, 1.165) is 38.9 Å². The zero-order chi connectivity index (χ0) is 16.1. The summed E-state index contributed by atoms with van der Waals surface area (Å²) >= 11 is 5.36. The minimum atomic E-state index is -0.0206. The third kappa shape index (κ3) is 7.65. The van der Waals surface area contributed by atoms with Crippen LogP contribution in [0.3, 0.4) is 0 Å². The van der Waals surface area contributed by atoms with E-state index in [-0.39, 0.29) is 11.0 Å². The van der Waals surface area contributed by atoms with Crippen molar-refractivity contribution < 1.29 is 4.79 Å². The largest absolute Gasteiger partial charge is 0.363 e. The van der Waals surface area contributed by atoms with Gasteiger partial charge >= 0.3 is 0 Å². The molecular weight excluding hydrogens is 282 g/mol. The lowest BCUT2D eigenvalue weighted by Crippen LogP contribution is -2.50. The highest BCUT2D eigenvalue weighted by atomic mass is 32.1. The van der Waals surface area contributed by atoms with Gasteiger partial charge in [-0.3, -0.25) is 4.79 Å². The van der Waals surface area contributed by atoms with Crippen LogP contribution in [0, 0.1) is 5.41 Å². The molecule has 0 radical (unpaired) electrons. The smallest absolute Gasteiger partial charge is 0.222 e. The Kier molecular flexibility index (Phi) is 6.44. The standard InChI is InChI=1S/C16H31N3OS/c1-15(2,3)12-16(4,5)18-14(21)17-9-7-11-19-10-6-8-13(19)20/h6-12H2,1-5H3,(H2,17,18,21). The average molecular weight is 314 g/mol. The molecule has 0 aromatic rings. The number of likely N-dealkylation sites (tertiary alicyclic amines) is 1. The maximum atomic E-state index is 11.5. The Balaban J connectivity index is 2.20. The molecule has 1 aliphatic heterocycles. The molecule has 21 heavy (non-hydrogen) atoms. The number of amides is 1. The van der Waals surface area contributed by atoms with Crippen LogP contribution in [0.1, 0.15) is 60.3 Å². The highest BCUT2D eigenvalue weighted by molar-refractivity contribution is 7.80. The second-order valence-corrected chi connectivity index (χ2v) is 8.25. The lowest BCUT2D eigenvalue weighted by molar-refractivity contribution is -0.127. The molecule has 0 aliphatic carbocycles. The van der Waals surface area contributed by atoms with Crippen molar-refractivity contribution in [2.24, 2.45) is 5.41 Å². The molecule has 122 valence electrons. The minimum absolute atomic E-state index is 0.0206. The van der Waals surface area contributed by atoms with Crippen LogP contribution in [-0.2, 0) is 4.79 Å². The summed E-state index contributed by atoms with van der Waals surface area (Å²) in [5.74, 6) is 0.294. The van der Waals surface area contributed by atoms with Crippen molar-refractivity contribution in [1.29, 1.82) is 0 Å². The topological polar surface area (TPSA) is 44.4 Å². The van der Waals surface area contributed by atoms with Gasteiger partial charge in [0.2, 0.25) is 5.91 Å². The van der Waals surface area contributed by atoms with Crippen LogP contribution >= 0.6 is 12.2 Å². The van der Waals surface area contributed by atoms with Crippen LogP contribution < -0.4 is 10.6 Å². The predicted molar refractivity (Wildman–Crippen MR) is 92.3 cm³/mol. The van der Waals surface area contributed by atoms with Crippen LogP contribution in [0.15, 0.2) is 0 Å². The third-order valence-corrected chi connectivity index (χ3v) is 3.73. The van der Waals surface area contributed by atoms with Gasteiger partial charge in [0.25, 0.3) is 0 Å². The molecule has 1 aliphatic rings. The molecule has 1 rings (SSSR count). The summed E-state index contributed by atoms with van der Waals surface area (Å²) in [6, 6.07) is 0. The molecule has 5 heteroatoms. The van der Waals surface area contributed by atoms with Gasteiger partial charge in [0.1, 0.15) is 0 Å². The van der Waals surface area contributed by atoms with Gasteiger partial charge in [-0.2, -0.15) is 0 Å². The zero-order valence-electron chi connectivity index (χ0n) is 14.2. The van der Waals surface area contributed by atoms with E-state index in [1.54, 1.807) is 0 Å². The number of carbonyl (C=O) groups is 1. The Morgan fingerprint density at radius 3 is 2.48 bits per heavy atom. The van der Waals surface area contributed by atoms with Crippen molar-refractivity contribution in [3.63, 3.8) is 0 Å². The molecule has 0 aromatic heterocycles. The lowest BCUT2D eigenvalue weighted by atomic mass is 9.82. The van der Waals surface area contributed by atoms with Gasteiger partial charge < -0.3 is 15.5 Å². The van der Waals surface area contributed by atoms with E-state index in [0.29, 0.717) is 17.4 Å². The first-order valence-corrected chi connectivity index (χ1v) is 8.34. The molecule has 1 amide bonds. The number of hydrogen-bond donors (Lipinski definition) is 2. The van der Waals surface area contributed by atoms with Gasteiger partial charge in [0.15, 0.2) is 5.11 Å². The Morgan fingerprint density at radius 1 is 1.29 bits per heavy atom. The van der Waals surface area contributed by atoms with Gasteiger partial charge in [-0.05, 0) is 50.7 Å². The van der Waals surface area contributed by atoms with Gasteiger partial charge in [-0.25, -0.2) is 0 Å². The van der Waals surface area contributed by atoms with Crippen molar-refractivity contribution in [2.45, 2.75) is 65.8 Å². The average Bonchev–Trinajstić information content (AvgIpc) is 2.66. The van der Waals surface area contributed by atoms with Crippen molar-refractivity contribution in [3.05, 3.63) is 0 Å². The summed E-state index contributed by atoms with van der Waals surface area (Å²) in [6.45, 7) is 13.6. The first-order valence-electron chi connectivity index (χ1n) is 7.93. The summed E-state index contributed by atoms with van der Waals surface area (Å²) in [6.07, 6.45) is 3.71. The Bertz CT molecular complexity index is 374. The predicted octanol–water partition coefficient (Wildman–Crippen LogP) is 2.68. The van der Waals surface area contributed by atoms with Crippen LogP contribution in [-0.4, -0.2) is 41.1 Å². The van der Waals surface area contributed by atoms with E-state index in [2.05, 4.69) is 45.3 Å². The fraction of sp³-hybridized carbons (Fsp3) is 0.875. The monoisotopic (exact) mass is 313 g/mol. The molecule has 0 aromatic carbocycles. The van der Waals surface area contributed by atoms with Gasteiger partial charge in [-0.15, -0.1) is 0 Å². The number of hydrogen-bond acceptors (Lipinski definition) is 2. The molecule has 2 N–H and O–H groups in total. The van der Waals surface area contributed by atoms with Crippen molar-refractivity contribution >= 4 is 23.2 Å². The first-order chi connectivity index (χ1) is 9.59. The molecule has 0 unspecified atom stereocenters. The summed E-state index contributed by atoms with van der Waals surface area (Å²) in [5, 5.41) is 7.34. The van der Waals surface area contributed by atoms with Gasteiger partial charge in [-0.1, -0.05) is 20.8 Å². The van der Waals surface area contributed by atoms with E-state index >= 15 is 0 Å². The van der Waals surface area contributed by atoms with Crippen LogP contribution in [0.4, 0.5) is 0 Å². The van der Waals surface area contributed by atoms with Crippen molar-refractivity contribution in [1.82, 2.24) is 15.5 Å². The molecule has 4 nitrogen and oxygen atoms in total. The highest BCUT2D eigenvalue weighted by Crippen LogP contribution is 2.26. The van der Waals surface area contributed by atoms with E-state index in [1.165, 1.54) is 0 Å². The van der Waals surface area contributed by atoms with Gasteiger partial charge in [0.05, 0.1) is 0 Å². The Morgan fingerprint density at radius 2 is 1.95 bits per heavy atom. The van der Waals surface area contributed by atoms with Crippen LogP contribution in [0.25, 0.3) is 0 Å². The molecule has 0 atom stereocenters. The Hall–Kier alpha value is -0.840. The third-order valence-electron chi connectivity index (χ3n) is 3.49. The van der Waals surface area contributed by atoms with Gasteiger partial charge in [0, 0.05) is 31.6 Å². The zero-order valence-corrected chi connectivity index (χ0v) is 15.0. The summed E-state index contributed by atoms with van der Waals surface area (Å²) in [7, 11) is 0. The maximum absolute atomic E-state index is 11.5. The quantitative estimate of drug-likeness (QED) is 0.584. The number of thiocarbonyl (C=S) groups is 1. The Labute approximate surface area is 135 Å². The molecule has 0 saturated carbocycles. The minimum Gasteiger partial charge on any atom is -0.363 e. The second-order valence-electron chi connectivity index (χ2n) is 7.84.